The summed E-state index contributed by atoms with van der Waals surface area (Å²) in [6.07, 6.45) is 0. The van der Waals surface area contributed by atoms with Crippen molar-refractivity contribution in [2.75, 3.05) is 0 Å². The van der Waals surface area contributed by atoms with E-state index in [1.807, 2.05) is 0 Å². The Labute approximate surface area is 94.9 Å². The number of hydrogen-bond acceptors (Lipinski definition) is 4. The average Bonchev–Trinajstić information content (AvgIpc) is 1.21. The molecule has 0 aromatic rings. The third-order valence-electron chi connectivity index (χ3n) is 0.179. The Morgan fingerprint density at radius 3 is 1.67 bits per heavy atom. The molecule has 0 fully saturated rings. The van der Waals surface area contributed by atoms with Crippen LogP contribution in [-0.2, 0) is 8.88 Å². The monoisotopic (exact) mass is 202 g/mol. The van der Waals surface area contributed by atoms with E-state index >= 15 is 0 Å². The van der Waals surface area contributed by atoms with E-state index in [0.29, 0.717) is 0 Å². The maximum absolute atomic E-state index is 9.61. The van der Waals surface area contributed by atoms with E-state index in [1.165, 1.54) is 0 Å². The molecule has 9 heteroatoms. The van der Waals surface area contributed by atoms with Crippen molar-refractivity contribution in [1.29, 1.82) is 0 Å². The normalized spacial score (nSPS) is 11.2. The Morgan fingerprint density at radius 2 is 1.67 bits per heavy atom. The summed E-state index contributed by atoms with van der Waals surface area (Å²) in [5.41, 5.74) is 0. The van der Waals surface area contributed by atoms with Crippen molar-refractivity contribution in [2.45, 2.75) is 0 Å². The molecule has 0 aliphatic rings. The fourth-order valence-corrected chi connectivity index (χ4v) is 0.856. The maximum atomic E-state index is 9.61. The van der Waals surface area contributed by atoms with Crippen molar-refractivity contribution in [2.24, 2.45) is 0 Å². The van der Waals surface area contributed by atoms with Crippen LogP contribution >= 0.6 is 16.4 Å². The molecule has 0 aliphatic heterocycles. The van der Waals surface area contributed by atoms with Gasteiger partial charge in [0.1, 0.15) is 0 Å². The topological polar surface area (TPSA) is 107 Å². The van der Waals surface area contributed by atoms with Crippen LogP contribution in [0.4, 0.5) is 0 Å². The van der Waals surface area contributed by atoms with Crippen LogP contribution in [0.5, 0.6) is 0 Å². The molecule has 0 saturated heterocycles. The average molecular weight is 202 g/mol. The zero-order valence-corrected chi connectivity index (χ0v) is 5.29. The van der Waals surface area contributed by atoms with E-state index in [2.05, 4.69) is 4.31 Å². The van der Waals surface area contributed by atoms with Crippen molar-refractivity contribution in [3.8, 4) is 0 Å². The Kier molecular flexibility index (Phi) is 8.67. The number of rotatable bonds is 2. The molecule has 0 atom stereocenters. The van der Waals surface area contributed by atoms with Gasteiger partial charge < -0.3 is 19.6 Å². The first-order valence-electron chi connectivity index (χ1n) is 1.35. The Balaban J connectivity index is 0. The second-order valence-corrected chi connectivity index (χ2v) is 2.96. The molecular weight excluding hydrogens is 197 g/mol. The molecule has 0 radical (unpaired) electrons. The van der Waals surface area contributed by atoms with Crippen LogP contribution in [0.25, 0.3) is 0 Å². The Bertz CT molecular complexity index is 104. The molecule has 0 spiro atoms. The standard InChI is InChI=1S/K.H4O6P2.H/c;1-7(2)6-8(3,4)5;/h;1-2H,(H2,3,4,5);. The molecule has 0 unspecified atom stereocenters. The van der Waals surface area contributed by atoms with Gasteiger partial charge in [0.2, 0.25) is 0 Å². The molecule has 0 heterocycles. The summed E-state index contributed by atoms with van der Waals surface area (Å²) in [5.74, 6) is 0. The zero-order chi connectivity index (χ0) is 6.78. The van der Waals surface area contributed by atoms with Crippen molar-refractivity contribution in [3.05, 3.63) is 0 Å². The van der Waals surface area contributed by atoms with Gasteiger partial charge in [0.25, 0.3) is 0 Å². The van der Waals surface area contributed by atoms with Gasteiger partial charge in [0.15, 0.2) is 0 Å². The second-order valence-electron chi connectivity index (χ2n) is 0.825. The van der Waals surface area contributed by atoms with Crippen LogP contribution in [0.3, 0.4) is 0 Å². The molecular formula is H5KO6P2. The van der Waals surface area contributed by atoms with E-state index in [0.717, 1.165) is 0 Å². The van der Waals surface area contributed by atoms with Gasteiger partial charge in [-0.05, 0) is 0 Å². The van der Waals surface area contributed by atoms with E-state index < -0.39 is 16.4 Å². The molecule has 4 N–H and O–H groups in total. The SMILES string of the molecule is O=P(O)(O)OP(O)O.[KH]. The summed E-state index contributed by atoms with van der Waals surface area (Å²) < 4.78 is 12.9. The predicted octanol–water partition coefficient (Wildman–Crippen LogP) is -1.34. The summed E-state index contributed by atoms with van der Waals surface area (Å²) in [7, 11) is -7.64. The minimum absolute atomic E-state index is 0. The number of hydrogen-bond donors (Lipinski definition) is 4. The van der Waals surface area contributed by atoms with Crippen LogP contribution in [0, 0.1) is 0 Å². The summed E-state index contributed by atoms with van der Waals surface area (Å²) in [5, 5.41) is 0. The molecule has 6 nitrogen and oxygen atoms in total. The minimum atomic E-state index is -4.69. The van der Waals surface area contributed by atoms with Crippen LogP contribution < -0.4 is 0 Å². The first-order chi connectivity index (χ1) is 3.42. The van der Waals surface area contributed by atoms with Gasteiger partial charge in [-0.3, -0.25) is 0 Å². The van der Waals surface area contributed by atoms with Crippen molar-refractivity contribution < 1.29 is 28.4 Å². The molecule has 52 valence electrons. The van der Waals surface area contributed by atoms with Crippen LogP contribution in [0.15, 0.2) is 0 Å². The van der Waals surface area contributed by atoms with E-state index in [1.54, 1.807) is 0 Å². The van der Waals surface area contributed by atoms with Crippen LogP contribution in [0.1, 0.15) is 0 Å². The quantitative estimate of drug-likeness (QED) is 0.326. The fourth-order valence-electron chi connectivity index (χ4n) is 0.0951. The Morgan fingerprint density at radius 1 is 1.33 bits per heavy atom. The predicted molar refractivity (Wildman–Crippen MR) is 31.6 cm³/mol. The van der Waals surface area contributed by atoms with Gasteiger partial charge in [-0.1, -0.05) is 0 Å². The zero-order valence-electron chi connectivity index (χ0n) is 3.50. The summed E-state index contributed by atoms with van der Waals surface area (Å²) in [4.78, 5) is 31.1. The first-order valence-corrected chi connectivity index (χ1v) is 4.04. The molecule has 9 heavy (non-hydrogen) atoms. The summed E-state index contributed by atoms with van der Waals surface area (Å²) in [6.45, 7) is 0. The Hall–Kier alpha value is 2.10. The number of phosphoric acid groups is 1. The van der Waals surface area contributed by atoms with Gasteiger partial charge in [0.05, 0.1) is 0 Å². The van der Waals surface area contributed by atoms with Gasteiger partial charge in [-0.15, -0.1) is 0 Å². The molecule has 0 aliphatic carbocycles. The molecule has 0 saturated carbocycles. The molecule has 0 aromatic carbocycles. The van der Waals surface area contributed by atoms with Crippen LogP contribution in [0.2, 0.25) is 0 Å². The molecule has 0 amide bonds. The van der Waals surface area contributed by atoms with Gasteiger partial charge in [-0.25, -0.2) is 8.88 Å². The fraction of sp³-hybridized carbons (Fsp3) is 0. The second kappa shape index (κ2) is 5.71. The summed E-state index contributed by atoms with van der Waals surface area (Å²) >= 11 is 0. The van der Waals surface area contributed by atoms with E-state index in [9.17, 15) is 4.57 Å². The summed E-state index contributed by atoms with van der Waals surface area (Å²) in [6, 6.07) is 0. The van der Waals surface area contributed by atoms with Crippen LogP contribution in [-0.4, -0.2) is 71.0 Å². The van der Waals surface area contributed by atoms with Gasteiger partial charge in [0, 0.05) is 0 Å². The van der Waals surface area contributed by atoms with Gasteiger partial charge in [-0.2, -0.15) is 0 Å². The molecule has 0 bridgehead atoms. The molecule has 0 rings (SSSR count). The van der Waals surface area contributed by atoms with Crippen molar-refractivity contribution in [1.82, 2.24) is 0 Å². The van der Waals surface area contributed by atoms with E-state index in [4.69, 9.17) is 19.6 Å². The third kappa shape index (κ3) is 13.1. The van der Waals surface area contributed by atoms with Gasteiger partial charge >= 0.3 is 67.8 Å². The first kappa shape index (κ1) is 13.7. The molecule has 0 aromatic heterocycles. The third-order valence-corrected chi connectivity index (χ3v) is 1.61. The van der Waals surface area contributed by atoms with Crippen molar-refractivity contribution in [3.63, 3.8) is 0 Å². The van der Waals surface area contributed by atoms with Crippen molar-refractivity contribution >= 4 is 67.8 Å². The van der Waals surface area contributed by atoms with E-state index in [-0.39, 0.29) is 51.4 Å².